The number of amides is 1. The summed E-state index contributed by atoms with van der Waals surface area (Å²) in [6.07, 6.45) is 2.46. The van der Waals surface area contributed by atoms with E-state index in [1.807, 2.05) is 44.2 Å². The van der Waals surface area contributed by atoms with Gasteiger partial charge in [-0.1, -0.05) is 18.5 Å². The van der Waals surface area contributed by atoms with Crippen molar-refractivity contribution in [2.75, 3.05) is 0 Å². The summed E-state index contributed by atoms with van der Waals surface area (Å²) in [6.45, 7) is 8.37. The molecule has 7 nitrogen and oxygen atoms in total. The minimum absolute atomic E-state index is 0.0733. The van der Waals surface area contributed by atoms with Crippen LogP contribution in [0.25, 0.3) is 5.69 Å². The highest BCUT2D eigenvalue weighted by Gasteiger charge is 2.12. The molecule has 2 aromatic heterocycles. The first-order valence-corrected chi connectivity index (χ1v) is 12.5. The lowest BCUT2D eigenvalue weighted by molar-refractivity contribution is 0.0923. The summed E-state index contributed by atoms with van der Waals surface area (Å²) < 4.78 is 19.4. The predicted molar refractivity (Wildman–Crippen MR) is 145 cm³/mol. The Kier molecular flexibility index (Phi) is 8.36. The van der Waals surface area contributed by atoms with Crippen LogP contribution in [0.4, 0.5) is 0 Å². The van der Waals surface area contributed by atoms with E-state index >= 15 is 0 Å². The summed E-state index contributed by atoms with van der Waals surface area (Å²) in [5.74, 6) is 1.52. The summed E-state index contributed by atoms with van der Waals surface area (Å²) in [4.78, 5) is 12.4. The largest absolute Gasteiger partial charge is 0.489 e. The average Bonchev–Trinajstić information content (AvgIpc) is 3.50. The Balaban J connectivity index is 1.29. The summed E-state index contributed by atoms with van der Waals surface area (Å²) in [7, 11) is 0. The van der Waals surface area contributed by atoms with Gasteiger partial charge in [0.25, 0.3) is 0 Å². The molecule has 2 aromatic carbocycles. The molecule has 0 bridgehead atoms. The second-order valence-corrected chi connectivity index (χ2v) is 9.13. The quantitative estimate of drug-likeness (QED) is 0.183. The molecule has 0 aliphatic heterocycles. The van der Waals surface area contributed by atoms with Gasteiger partial charge < -0.3 is 18.5 Å². The summed E-state index contributed by atoms with van der Waals surface area (Å²) in [6, 6.07) is 20.6. The number of nitrogens with one attached hydrogen (secondary N) is 1. The Morgan fingerprint density at radius 1 is 1.08 bits per heavy atom. The van der Waals surface area contributed by atoms with Gasteiger partial charge in [-0.2, -0.15) is 5.10 Å². The SMILES string of the molecule is CC[C@H](C)Oc1ccc(/C=N/NC(=O)c2ccc(COc3ccc(-n4c(C)ccc4C)cc3)o2)cc1Cl. The van der Waals surface area contributed by atoms with Gasteiger partial charge in [-0.15, -0.1) is 0 Å². The molecule has 0 aliphatic carbocycles. The number of carbonyl (C=O) groups is 1. The number of hydrazone groups is 1. The van der Waals surface area contributed by atoms with Crippen LogP contribution in [0.1, 0.15) is 53.5 Å². The highest BCUT2D eigenvalue weighted by atomic mass is 35.5. The third-order valence-corrected chi connectivity index (χ3v) is 6.17. The van der Waals surface area contributed by atoms with Crippen LogP contribution in [-0.2, 0) is 6.61 Å². The first-order chi connectivity index (χ1) is 17.8. The van der Waals surface area contributed by atoms with Gasteiger partial charge in [0.15, 0.2) is 5.76 Å². The van der Waals surface area contributed by atoms with Gasteiger partial charge >= 0.3 is 5.91 Å². The summed E-state index contributed by atoms with van der Waals surface area (Å²) >= 11 is 6.29. The van der Waals surface area contributed by atoms with Gasteiger partial charge in [-0.25, -0.2) is 5.43 Å². The van der Waals surface area contributed by atoms with Crippen molar-refractivity contribution in [1.82, 2.24) is 9.99 Å². The molecule has 2 heterocycles. The molecular weight excluding hydrogens is 490 g/mol. The summed E-state index contributed by atoms with van der Waals surface area (Å²) in [5, 5.41) is 4.48. The smallest absolute Gasteiger partial charge is 0.307 e. The Hall–Kier alpha value is -3.97. The zero-order valence-electron chi connectivity index (χ0n) is 21.3. The molecule has 1 atom stereocenters. The standard InChI is InChI=1S/C29H30ClN3O4/c1-5-21(4)36-27-14-8-22(16-26(27)30)17-31-32-29(34)28-15-13-25(37-28)18-35-24-11-9-23(10-12-24)33-19(2)6-7-20(33)3/h6-17,21H,5,18H2,1-4H3,(H,32,34)/b31-17+/t21-/m0/s1. The van der Waals surface area contributed by atoms with Gasteiger partial charge in [0.2, 0.25) is 0 Å². The van der Waals surface area contributed by atoms with Gasteiger partial charge in [-0.05, 0) is 99.5 Å². The van der Waals surface area contributed by atoms with E-state index in [9.17, 15) is 4.79 Å². The van der Waals surface area contributed by atoms with Crippen LogP contribution in [0.3, 0.4) is 0 Å². The van der Waals surface area contributed by atoms with E-state index < -0.39 is 5.91 Å². The molecule has 0 unspecified atom stereocenters. The van der Waals surface area contributed by atoms with Gasteiger partial charge in [0.05, 0.1) is 17.3 Å². The van der Waals surface area contributed by atoms with Crippen molar-refractivity contribution in [3.8, 4) is 17.2 Å². The number of halogens is 1. The van der Waals surface area contributed by atoms with Gasteiger partial charge in [-0.3, -0.25) is 4.79 Å². The Morgan fingerprint density at radius 2 is 1.81 bits per heavy atom. The first-order valence-electron chi connectivity index (χ1n) is 12.1. The maximum atomic E-state index is 12.4. The zero-order chi connectivity index (χ0) is 26.4. The van der Waals surface area contributed by atoms with Crippen LogP contribution < -0.4 is 14.9 Å². The van der Waals surface area contributed by atoms with E-state index in [0.29, 0.717) is 22.3 Å². The predicted octanol–water partition coefficient (Wildman–Crippen LogP) is 6.86. The molecule has 1 amide bonds. The number of hydrogen-bond donors (Lipinski definition) is 1. The fourth-order valence-electron chi connectivity index (χ4n) is 3.71. The lowest BCUT2D eigenvalue weighted by Gasteiger charge is -2.13. The number of aromatic nitrogens is 1. The molecule has 1 N–H and O–H groups in total. The second-order valence-electron chi connectivity index (χ2n) is 8.73. The monoisotopic (exact) mass is 519 g/mol. The van der Waals surface area contributed by atoms with Gasteiger partial charge in [0, 0.05) is 17.1 Å². The van der Waals surface area contributed by atoms with Crippen LogP contribution in [0, 0.1) is 13.8 Å². The highest BCUT2D eigenvalue weighted by molar-refractivity contribution is 6.32. The molecular formula is C29H30ClN3O4. The number of furan rings is 1. The third kappa shape index (κ3) is 6.62. The van der Waals surface area contributed by atoms with E-state index in [2.05, 4.69) is 41.1 Å². The lowest BCUT2D eigenvalue weighted by Crippen LogP contribution is -2.16. The molecule has 0 saturated heterocycles. The molecule has 192 valence electrons. The number of hydrogen-bond acceptors (Lipinski definition) is 5. The number of benzene rings is 2. The Bertz CT molecular complexity index is 1370. The van der Waals surface area contributed by atoms with Crippen LogP contribution in [0.2, 0.25) is 5.02 Å². The van der Waals surface area contributed by atoms with Crippen molar-refractivity contribution in [3.05, 3.63) is 100 Å². The second kappa shape index (κ2) is 11.8. The zero-order valence-corrected chi connectivity index (χ0v) is 22.1. The molecule has 4 rings (SSSR count). The van der Waals surface area contributed by atoms with Crippen molar-refractivity contribution < 1.29 is 18.7 Å². The molecule has 8 heteroatoms. The normalized spacial score (nSPS) is 12.0. The number of rotatable bonds is 10. The molecule has 0 saturated carbocycles. The molecule has 0 radical (unpaired) electrons. The summed E-state index contributed by atoms with van der Waals surface area (Å²) in [5.41, 5.74) is 6.60. The number of ether oxygens (including phenoxy) is 2. The molecule has 0 aliphatic rings. The van der Waals surface area contributed by atoms with Crippen LogP contribution in [-0.4, -0.2) is 22.8 Å². The van der Waals surface area contributed by atoms with Crippen molar-refractivity contribution in [3.63, 3.8) is 0 Å². The minimum atomic E-state index is -0.466. The molecule has 37 heavy (non-hydrogen) atoms. The highest BCUT2D eigenvalue weighted by Crippen LogP contribution is 2.26. The van der Waals surface area contributed by atoms with Crippen molar-refractivity contribution in [2.45, 2.75) is 46.8 Å². The molecule has 4 aromatic rings. The van der Waals surface area contributed by atoms with Crippen molar-refractivity contribution >= 4 is 23.7 Å². The third-order valence-electron chi connectivity index (χ3n) is 5.87. The topological polar surface area (TPSA) is 78.0 Å². The molecule has 0 spiro atoms. The van der Waals surface area contributed by atoms with Crippen LogP contribution >= 0.6 is 11.6 Å². The fraction of sp³-hybridized carbons (Fsp3) is 0.241. The van der Waals surface area contributed by atoms with Crippen LogP contribution in [0.5, 0.6) is 11.5 Å². The van der Waals surface area contributed by atoms with Crippen molar-refractivity contribution in [2.24, 2.45) is 5.10 Å². The average molecular weight is 520 g/mol. The maximum absolute atomic E-state index is 12.4. The molecule has 0 fully saturated rings. The van der Waals surface area contributed by atoms with E-state index in [1.165, 1.54) is 17.6 Å². The number of aryl methyl sites for hydroxylation is 2. The Morgan fingerprint density at radius 3 is 2.49 bits per heavy atom. The van der Waals surface area contributed by atoms with Crippen molar-refractivity contribution in [1.29, 1.82) is 0 Å². The lowest BCUT2D eigenvalue weighted by atomic mass is 10.2. The van der Waals surface area contributed by atoms with Gasteiger partial charge in [0.1, 0.15) is 23.9 Å². The van der Waals surface area contributed by atoms with E-state index in [1.54, 1.807) is 24.3 Å². The maximum Gasteiger partial charge on any atom is 0.307 e. The first kappa shape index (κ1) is 26.1. The van der Waals surface area contributed by atoms with E-state index in [-0.39, 0.29) is 18.5 Å². The Labute approximate surface area is 221 Å². The minimum Gasteiger partial charge on any atom is -0.489 e. The number of nitrogens with zero attached hydrogens (tertiary/aromatic N) is 2. The fourth-order valence-corrected chi connectivity index (χ4v) is 3.95. The van der Waals surface area contributed by atoms with Crippen LogP contribution in [0.15, 0.2) is 76.2 Å². The van der Waals surface area contributed by atoms with E-state index in [4.69, 9.17) is 25.5 Å². The van der Waals surface area contributed by atoms with E-state index in [0.717, 1.165) is 17.7 Å². The number of carbonyl (C=O) groups excluding carboxylic acids is 1.